The Labute approximate surface area is 70.1 Å². The van der Waals surface area contributed by atoms with Gasteiger partial charge in [0.15, 0.2) is 11.1 Å². The molecule has 0 saturated heterocycles. The molecule has 1 aliphatic carbocycles. The topological polar surface area (TPSA) is 47.9 Å². The van der Waals surface area contributed by atoms with Gasteiger partial charge in [0.2, 0.25) is 0 Å². The minimum atomic E-state index is 0.438. The fourth-order valence-corrected chi connectivity index (χ4v) is 0.854. The van der Waals surface area contributed by atoms with Crippen molar-refractivity contribution in [3.8, 4) is 0 Å². The van der Waals surface area contributed by atoms with Crippen molar-refractivity contribution in [3.63, 3.8) is 0 Å². The third-order valence-corrected chi connectivity index (χ3v) is 1.43. The molecule has 0 aromatic heterocycles. The summed E-state index contributed by atoms with van der Waals surface area (Å²) in [5, 5.41) is 2.32. The zero-order valence-electron chi connectivity index (χ0n) is 6.69. The summed E-state index contributed by atoms with van der Waals surface area (Å²) in [5.41, 5.74) is 0. The average Bonchev–Trinajstić information content (AvgIpc) is 2.31. The van der Waals surface area contributed by atoms with Crippen LogP contribution in [0.3, 0.4) is 0 Å². The summed E-state index contributed by atoms with van der Waals surface area (Å²) in [6.45, 7) is 0. The summed E-state index contributed by atoms with van der Waals surface area (Å²) in [6, 6.07) is 0. The number of rotatable bonds is 3. The monoisotopic (exact) mass is 167 g/mol. The lowest BCUT2D eigenvalue weighted by Crippen LogP contribution is -1.80. The summed E-state index contributed by atoms with van der Waals surface area (Å²) in [6.07, 6.45) is 7.62. The van der Waals surface area contributed by atoms with Gasteiger partial charge in [-0.25, -0.2) is 0 Å². The second kappa shape index (κ2) is 4.33. The number of nitrogens with zero attached hydrogens (tertiary/aromatic N) is 1. The molecular formula is C8H9NO3. The van der Waals surface area contributed by atoms with Crippen molar-refractivity contribution in [1.82, 2.24) is 0 Å². The minimum Gasteiger partial charge on any atom is -0.497 e. The normalized spacial score (nSPS) is 15.8. The van der Waals surface area contributed by atoms with E-state index >= 15 is 0 Å². The van der Waals surface area contributed by atoms with Crippen molar-refractivity contribution in [3.05, 3.63) is 40.7 Å². The lowest BCUT2D eigenvalue weighted by Gasteiger charge is -1.95. The van der Waals surface area contributed by atoms with Crippen LogP contribution in [0.25, 0.3) is 0 Å². The Morgan fingerprint density at radius 1 is 1.33 bits per heavy atom. The van der Waals surface area contributed by atoms with Gasteiger partial charge in [-0.1, -0.05) is 0 Å². The van der Waals surface area contributed by atoms with E-state index in [1.54, 1.807) is 25.3 Å². The van der Waals surface area contributed by atoms with Gasteiger partial charge in [-0.3, -0.25) is 0 Å². The third-order valence-electron chi connectivity index (χ3n) is 1.43. The average molecular weight is 167 g/mol. The van der Waals surface area contributed by atoms with Crippen LogP contribution in [0, 0.1) is 4.91 Å². The van der Waals surface area contributed by atoms with Gasteiger partial charge < -0.3 is 9.57 Å². The molecule has 4 nitrogen and oxygen atoms in total. The van der Waals surface area contributed by atoms with Gasteiger partial charge >= 0.3 is 0 Å². The van der Waals surface area contributed by atoms with Crippen LogP contribution in [0.2, 0.25) is 0 Å². The second-order valence-corrected chi connectivity index (χ2v) is 2.15. The molecule has 0 radical (unpaired) electrons. The van der Waals surface area contributed by atoms with Crippen LogP contribution in [0.1, 0.15) is 6.42 Å². The van der Waals surface area contributed by atoms with Crippen molar-refractivity contribution >= 4 is 0 Å². The van der Waals surface area contributed by atoms with Crippen molar-refractivity contribution < 1.29 is 9.57 Å². The van der Waals surface area contributed by atoms with Crippen LogP contribution in [0.15, 0.2) is 41.2 Å². The Morgan fingerprint density at radius 3 is 2.67 bits per heavy atom. The van der Waals surface area contributed by atoms with Crippen molar-refractivity contribution in [1.29, 1.82) is 0 Å². The predicted molar refractivity (Wildman–Crippen MR) is 43.8 cm³/mol. The first-order valence-electron chi connectivity index (χ1n) is 3.49. The van der Waals surface area contributed by atoms with Crippen LogP contribution in [0.5, 0.6) is 0 Å². The second-order valence-electron chi connectivity index (χ2n) is 2.15. The summed E-state index contributed by atoms with van der Waals surface area (Å²) in [4.78, 5) is 14.2. The molecule has 0 aliphatic heterocycles. The zero-order valence-corrected chi connectivity index (χ0v) is 6.69. The van der Waals surface area contributed by atoms with E-state index in [0.717, 1.165) is 5.76 Å². The Morgan fingerprint density at radius 2 is 2.00 bits per heavy atom. The number of ether oxygens (including phenoxy) is 1. The Bertz CT molecular complexity index is 253. The van der Waals surface area contributed by atoms with Gasteiger partial charge in [0.05, 0.1) is 7.11 Å². The largest absolute Gasteiger partial charge is 0.497 e. The van der Waals surface area contributed by atoms with Gasteiger partial charge in [-0.2, -0.15) is 0 Å². The Kier molecular flexibility index (Phi) is 3.07. The maximum Gasteiger partial charge on any atom is 0.161 e. The van der Waals surface area contributed by atoms with Gasteiger partial charge in [-0.05, 0) is 30.7 Å². The summed E-state index contributed by atoms with van der Waals surface area (Å²) < 4.78 is 4.97. The van der Waals surface area contributed by atoms with E-state index in [-0.39, 0.29) is 0 Å². The fraction of sp³-hybridized carbons (Fsp3) is 0.250. The molecule has 4 heteroatoms. The molecule has 12 heavy (non-hydrogen) atoms. The molecule has 0 aromatic carbocycles. The number of methoxy groups -OCH3 is 1. The lowest BCUT2D eigenvalue weighted by molar-refractivity contribution is 0.234. The molecular weight excluding hydrogens is 158 g/mol. The molecule has 0 bridgehead atoms. The maximum absolute atomic E-state index is 9.74. The van der Waals surface area contributed by atoms with Crippen LogP contribution in [-0.4, -0.2) is 7.11 Å². The SMILES string of the molecule is COC1=CCC=C(ON=O)C=C1. The van der Waals surface area contributed by atoms with E-state index in [1.165, 1.54) is 0 Å². The standard InChI is InChI=1S/C8H9NO3/c1-11-7-3-2-4-8(6-5-7)12-9-10/h3-6H,2H2,1H3. The van der Waals surface area contributed by atoms with Gasteiger partial charge in [0, 0.05) is 0 Å². The van der Waals surface area contributed by atoms with E-state index in [9.17, 15) is 4.91 Å². The van der Waals surface area contributed by atoms with Crippen molar-refractivity contribution in [2.45, 2.75) is 6.42 Å². The van der Waals surface area contributed by atoms with E-state index < -0.39 is 0 Å². The molecule has 0 heterocycles. The highest BCUT2D eigenvalue weighted by Gasteiger charge is 1.98. The molecule has 64 valence electrons. The highest BCUT2D eigenvalue weighted by molar-refractivity contribution is 5.25. The molecule has 0 saturated carbocycles. The van der Waals surface area contributed by atoms with Gasteiger partial charge in [0.25, 0.3) is 0 Å². The molecule has 0 spiro atoms. The van der Waals surface area contributed by atoms with E-state index in [4.69, 9.17) is 4.74 Å². The highest BCUT2D eigenvalue weighted by atomic mass is 16.7. The number of hydrogen-bond donors (Lipinski definition) is 0. The maximum atomic E-state index is 9.74. The zero-order chi connectivity index (χ0) is 8.81. The number of hydrogen-bond acceptors (Lipinski definition) is 4. The first-order chi connectivity index (χ1) is 5.86. The van der Waals surface area contributed by atoms with Crippen LogP contribution in [-0.2, 0) is 9.57 Å². The number of allylic oxidation sites excluding steroid dienone is 4. The summed E-state index contributed by atoms with van der Waals surface area (Å²) in [5.74, 6) is 1.18. The smallest absolute Gasteiger partial charge is 0.161 e. The van der Waals surface area contributed by atoms with Crippen molar-refractivity contribution in [2.24, 2.45) is 5.34 Å². The summed E-state index contributed by atoms with van der Waals surface area (Å²) >= 11 is 0. The molecule has 0 atom stereocenters. The highest BCUT2D eigenvalue weighted by Crippen LogP contribution is 2.11. The molecule has 0 unspecified atom stereocenters. The van der Waals surface area contributed by atoms with Crippen LogP contribution >= 0.6 is 0 Å². The molecule has 1 rings (SSSR count). The molecule has 1 aliphatic rings. The minimum absolute atomic E-state index is 0.438. The first kappa shape index (κ1) is 8.52. The fourth-order valence-electron chi connectivity index (χ4n) is 0.854. The molecule has 0 N–H and O–H groups in total. The van der Waals surface area contributed by atoms with Crippen LogP contribution in [0.4, 0.5) is 0 Å². The quantitative estimate of drug-likeness (QED) is 0.477. The van der Waals surface area contributed by atoms with E-state index in [1.807, 2.05) is 6.08 Å². The molecule has 0 aromatic rings. The van der Waals surface area contributed by atoms with E-state index in [0.29, 0.717) is 12.2 Å². The van der Waals surface area contributed by atoms with E-state index in [2.05, 4.69) is 10.2 Å². The van der Waals surface area contributed by atoms with Crippen molar-refractivity contribution in [2.75, 3.05) is 7.11 Å². The Balaban J connectivity index is 2.63. The van der Waals surface area contributed by atoms with Gasteiger partial charge in [-0.15, -0.1) is 4.91 Å². The Hall–Kier alpha value is -1.58. The van der Waals surface area contributed by atoms with Crippen LogP contribution < -0.4 is 0 Å². The first-order valence-corrected chi connectivity index (χ1v) is 3.49. The summed E-state index contributed by atoms with van der Waals surface area (Å²) in [7, 11) is 1.58. The predicted octanol–water partition coefficient (Wildman–Crippen LogP) is 2.06. The molecule has 0 amide bonds. The van der Waals surface area contributed by atoms with Gasteiger partial charge in [0.1, 0.15) is 5.76 Å². The third kappa shape index (κ3) is 2.23. The molecule has 0 fully saturated rings. The lowest BCUT2D eigenvalue weighted by atomic mass is 10.3.